The monoisotopic (exact) mass is 296 g/mol. The number of carbonyl (C=O) groups is 1. The third-order valence-corrected chi connectivity index (χ3v) is 3.64. The molecule has 1 rings (SSSR count). The molecule has 0 amide bonds. The fraction of sp³-hybridized carbons (Fsp3) is 0.667. The van der Waals surface area contributed by atoms with Crippen LogP contribution in [0, 0.1) is 19.8 Å². The maximum Gasteiger partial charge on any atom is 0.348 e. The number of rotatable bonds is 7. The average Bonchev–Trinajstić information content (AvgIpc) is 2.40. The van der Waals surface area contributed by atoms with Crippen LogP contribution in [0.25, 0.3) is 0 Å². The van der Waals surface area contributed by atoms with E-state index in [0.717, 1.165) is 11.3 Å². The van der Waals surface area contributed by atoms with Crippen molar-refractivity contribution in [3.63, 3.8) is 0 Å². The lowest BCUT2D eigenvalue weighted by Gasteiger charge is -2.21. The highest BCUT2D eigenvalue weighted by Crippen LogP contribution is 2.18. The van der Waals surface area contributed by atoms with Crippen LogP contribution in [0.4, 0.5) is 0 Å². The van der Waals surface area contributed by atoms with Crippen molar-refractivity contribution in [2.75, 3.05) is 13.2 Å². The largest absolute Gasteiger partial charge is 0.481 e. The van der Waals surface area contributed by atoms with E-state index in [1.54, 1.807) is 18.4 Å². The van der Waals surface area contributed by atoms with Crippen molar-refractivity contribution in [3.8, 4) is 0 Å². The molecular weight excluding hydrogens is 272 g/mol. The zero-order valence-electron chi connectivity index (χ0n) is 13.3. The van der Waals surface area contributed by atoms with Gasteiger partial charge in [0.2, 0.25) is 0 Å². The Balaban J connectivity index is 3.22. The Kier molecular flexibility index (Phi) is 6.08. The molecule has 0 saturated carbocycles. The summed E-state index contributed by atoms with van der Waals surface area (Å²) in [7, 11) is 0. The Morgan fingerprint density at radius 3 is 2.52 bits per heavy atom. The second kappa shape index (κ2) is 7.36. The van der Waals surface area contributed by atoms with Gasteiger partial charge in [-0.3, -0.25) is 9.36 Å². The molecule has 0 bridgehead atoms. The number of ether oxygens (including phenoxy) is 1. The highest BCUT2D eigenvalue weighted by atomic mass is 16.5. The van der Waals surface area contributed by atoms with Crippen molar-refractivity contribution >= 4 is 5.97 Å². The zero-order chi connectivity index (χ0) is 16.2. The lowest BCUT2D eigenvalue weighted by atomic mass is 9.98. The molecule has 0 aliphatic carbocycles. The lowest BCUT2D eigenvalue weighted by molar-refractivity contribution is -0.141. The van der Waals surface area contributed by atoms with Crippen molar-refractivity contribution in [2.24, 2.45) is 5.92 Å². The fourth-order valence-corrected chi connectivity index (χ4v) is 2.39. The van der Waals surface area contributed by atoms with E-state index in [-0.39, 0.29) is 11.7 Å². The molecule has 0 saturated heterocycles. The molecule has 0 fully saturated rings. The van der Waals surface area contributed by atoms with Crippen LogP contribution in [0.5, 0.6) is 0 Å². The molecule has 1 aromatic rings. The summed E-state index contributed by atoms with van der Waals surface area (Å²) in [6.45, 7) is 10.0. The van der Waals surface area contributed by atoms with E-state index in [1.807, 2.05) is 20.8 Å². The highest BCUT2D eigenvalue weighted by Gasteiger charge is 2.20. The molecule has 2 unspecified atom stereocenters. The van der Waals surface area contributed by atoms with E-state index in [1.165, 1.54) is 0 Å². The molecular formula is C15H24N2O4. The van der Waals surface area contributed by atoms with Crippen molar-refractivity contribution in [3.05, 3.63) is 27.4 Å². The van der Waals surface area contributed by atoms with Gasteiger partial charge in [-0.05, 0) is 39.7 Å². The Morgan fingerprint density at radius 2 is 2.00 bits per heavy atom. The predicted octanol–water partition coefficient (Wildman–Crippen LogP) is 1.72. The van der Waals surface area contributed by atoms with Crippen LogP contribution in [0.1, 0.15) is 43.8 Å². The molecule has 6 heteroatoms. The quantitative estimate of drug-likeness (QED) is 0.828. The Morgan fingerprint density at radius 1 is 1.38 bits per heavy atom. The first kappa shape index (κ1) is 17.4. The maximum absolute atomic E-state index is 12.1. The van der Waals surface area contributed by atoms with Crippen LogP contribution >= 0.6 is 0 Å². The first-order valence-electron chi connectivity index (χ1n) is 7.18. The molecule has 1 aromatic heterocycles. The molecule has 0 aliphatic heterocycles. The first-order valence-corrected chi connectivity index (χ1v) is 7.18. The lowest BCUT2D eigenvalue weighted by Crippen LogP contribution is -2.32. The highest BCUT2D eigenvalue weighted by molar-refractivity contribution is 5.70. The van der Waals surface area contributed by atoms with Crippen LogP contribution < -0.4 is 5.69 Å². The number of aliphatic carboxylic acids is 1. The van der Waals surface area contributed by atoms with E-state index in [4.69, 9.17) is 9.84 Å². The minimum atomic E-state index is -0.853. The third-order valence-electron chi connectivity index (χ3n) is 3.64. The third kappa shape index (κ3) is 4.14. The summed E-state index contributed by atoms with van der Waals surface area (Å²) in [6.07, 6.45) is 0.363. The van der Waals surface area contributed by atoms with E-state index in [9.17, 15) is 9.59 Å². The average molecular weight is 296 g/mol. The number of carboxylic acid groups (broad SMARTS) is 1. The minimum Gasteiger partial charge on any atom is -0.481 e. The van der Waals surface area contributed by atoms with Gasteiger partial charge in [-0.2, -0.15) is 4.98 Å². The Hall–Kier alpha value is -1.69. The molecule has 21 heavy (non-hydrogen) atoms. The molecule has 1 heterocycles. The van der Waals surface area contributed by atoms with E-state index in [2.05, 4.69) is 4.98 Å². The van der Waals surface area contributed by atoms with Crippen molar-refractivity contribution in [1.82, 2.24) is 9.55 Å². The summed E-state index contributed by atoms with van der Waals surface area (Å²) in [4.78, 5) is 27.2. The van der Waals surface area contributed by atoms with Gasteiger partial charge >= 0.3 is 11.7 Å². The summed E-state index contributed by atoms with van der Waals surface area (Å²) in [6, 6.07) is -0.135. The number of carboxylic acids is 1. The van der Waals surface area contributed by atoms with Gasteiger partial charge in [0.25, 0.3) is 0 Å². The summed E-state index contributed by atoms with van der Waals surface area (Å²) in [5.74, 6) is -1.37. The van der Waals surface area contributed by atoms with E-state index in [0.29, 0.717) is 25.3 Å². The van der Waals surface area contributed by atoms with Crippen molar-refractivity contribution < 1.29 is 14.6 Å². The second-order valence-corrected chi connectivity index (χ2v) is 5.37. The van der Waals surface area contributed by atoms with Crippen LogP contribution in [0.15, 0.2) is 4.79 Å². The molecule has 6 nitrogen and oxygen atoms in total. The summed E-state index contributed by atoms with van der Waals surface area (Å²) >= 11 is 0. The zero-order valence-corrected chi connectivity index (χ0v) is 13.3. The predicted molar refractivity (Wildman–Crippen MR) is 79.7 cm³/mol. The number of aryl methyl sites for hydroxylation is 1. The van der Waals surface area contributed by atoms with E-state index >= 15 is 0 Å². The standard InChI is InChI=1S/C15H24N2O4/c1-6-21-8-10(3)17-12(5)13(7-9(2)14(18)19)11(4)16-15(17)20/h9-10H,6-8H2,1-5H3,(H,18,19). The molecule has 0 spiro atoms. The minimum absolute atomic E-state index is 0.135. The van der Waals surface area contributed by atoms with Gasteiger partial charge in [0.1, 0.15) is 0 Å². The number of nitrogens with zero attached hydrogens (tertiary/aromatic N) is 2. The summed E-state index contributed by atoms with van der Waals surface area (Å²) in [5, 5.41) is 9.07. The van der Waals surface area contributed by atoms with Crippen molar-refractivity contribution in [1.29, 1.82) is 0 Å². The van der Waals surface area contributed by atoms with Gasteiger partial charge in [0.05, 0.1) is 18.6 Å². The van der Waals surface area contributed by atoms with Gasteiger partial charge in [0.15, 0.2) is 0 Å². The van der Waals surface area contributed by atoms with Gasteiger partial charge < -0.3 is 9.84 Å². The molecule has 0 aliphatic rings. The fourth-order valence-electron chi connectivity index (χ4n) is 2.39. The van der Waals surface area contributed by atoms with Crippen LogP contribution in [0.3, 0.4) is 0 Å². The van der Waals surface area contributed by atoms with E-state index < -0.39 is 11.9 Å². The first-order chi connectivity index (χ1) is 9.79. The van der Waals surface area contributed by atoms with Gasteiger partial charge in [-0.1, -0.05) is 6.92 Å². The maximum atomic E-state index is 12.1. The Labute approximate surface area is 124 Å². The van der Waals surface area contributed by atoms with Gasteiger partial charge in [-0.15, -0.1) is 0 Å². The number of aromatic nitrogens is 2. The molecule has 0 aromatic carbocycles. The smallest absolute Gasteiger partial charge is 0.348 e. The van der Waals surface area contributed by atoms with Crippen LogP contribution in [-0.2, 0) is 16.0 Å². The molecule has 0 radical (unpaired) electrons. The normalized spacial score (nSPS) is 14.0. The number of hydrogen-bond acceptors (Lipinski definition) is 4. The second-order valence-electron chi connectivity index (χ2n) is 5.37. The van der Waals surface area contributed by atoms with Gasteiger partial charge in [0, 0.05) is 18.0 Å². The topological polar surface area (TPSA) is 81.4 Å². The number of hydrogen-bond donors (Lipinski definition) is 1. The molecule has 2 atom stereocenters. The van der Waals surface area contributed by atoms with Gasteiger partial charge in [-0.25, -0.2) is 4.79 Å². The van der Waals surface area contributed by atoms with Crippen LogP contribution in [-0.4, -0.2) is 33.8 Å². The molecule has 118 valence electrons. The summed E-state index contributed by atoms with van der Waals surface area (Å²) in [5.41, 5.74) is 1.88. The summed E-state index contributed by atoms with van der Waals surface area (Å²) < 4.78 is 6.96. The van der Waals surface area contributed by atoms with Crippen molar-refractivity contribution in [2.45, 2.75) is 47.1 Å². The van der Waals surface area contributed by atoms with Crippen LogP contribution in [0.2, 0.25) is 0 Å². The molecule has 1 N–H and O–H groups in total. The SMILES string of the molecule is CCOCC(C)n1c(C)c(CC(C)C(=O)O)c(C)nc1=O. The Bertz CT molecular complexity index is 566.